The second-order valence-corrected chi connectivity index (χ2v) is 5.81. The van der Waals surface area contributed by atoms with Gasteiger partial charge in [-0.2, -0.15) is 0 Å². The van der Waals surface area contributed by atoms with Gasteiger partial charge < -0.3 is 19.9 Å². The minimum Gasteiger partial charge on any atom is -0.492 e. The number of carbonyl (C=O) groups excluding carboxylic acids is 1. The molecule has 1 aromatic carbocycles. The number of fused-ring (bicyclic) bond motifs is 1. The normalized spacial score (nSPS) is 16.8. The van der Waals surface area contributed by atoms with E-state index in [1.54, 1.807) is 18.6 Å². The van der Waals surface area contributed by atoms with Gasteiger partial charge in [-0.3, -0.25) is 0 Å². The molecular weight excluding hydrogens is 316 g/mol. The third-order valence-corrected chi connectivity index (χ3v) is 4.07. The summed E-state index contributed by atoms with van der Waals surface area (Å²) in [6.07, 6.45) is 6.99. The van der Waals surface area contributed by atoms with Crippen molar-refractivity contribution in [1.29, 1.82) is 0 Å². The van der Waals surface area contributed by atoms with Crippen LogP contribution in [0.3, 0.4) is 0 Å². The Balaban J connectivity index is 1.59. The molecule has 1 atom stereocenters. The van der Waals surface area contributed by atoms with Gasteiger partial charge in [0.2, 0.25) is 0 Å². The number of hydrogen-bond acceptors (Lipinski definition) is 3. The molecule has 1 aliphatic rings. The summed E-state index contributed by atoms with van der Waals surface area (Å²) in [5.41, 5.74) is 0.930. The van der Waals surface area contributed by atoms with E-state index in [4.69, 9.17) is 16.3 Å². The quantitative estimate of drug-likeness (QED) is 0.903. The predicted molar refractivity (Wildman–Crippen MR) is 87.7 cm³/mol. The van der Waals surface area contributed by atoms with Gasteiger partial charge in [-0.15, -0.1) is 0 Å². The van der Waals surface area contributed by atoms with Crippen LogP contribution in [0.5, 0.6) is 5.75 Å². The van der Waals surface area contributed by atoms with Crippen molar-refractivity contribution >= 4 is 17.6 Å². The van der Waals surface area contributed by atoms with E-state index in [1.165, 1.54) is 0 Å². The van der Waals surface area contributed by atoms with Crippen molar-refractivity contribution in [3.05, 3.63) is 47.5 Å². The maximum absolute atomic E-state index is 12.1. The molecule has 0 radical (unpaired) electrons. The monoisotopic (exact) mass is 334 g/mol. The van der Waals surface area contributed by atoms with Crippen LogP contribution in [-0.4, -0.2) is 28.7 Å². The number of benzene rings is 1. The molecule has 122 valence electrons. The molecule has 3 rings (SSSR count). The topological polar surface area (TPSA) is 68.2 Å². The second-order valence-electron chi connectivity index (χ2n) is 5.40. The summed E-state index contributed by atoms with van der Waals surface area (Å²) >= 11 is 6.20. The highest BCUT2D eigenvalue weighted by Crippen LogP contribution is 2.36. The second kappa shape index (κ2) is 7.37. The number of hydrogen-bond donors (Lipinski definition) is 2. The Labute approximate surface area is 139 Å². The number of para-hydroxylation sites is 1. The average Bonchev–Trinajstić information content (AvgIpc) is 2.96. The molecule has 0 spiro atoms. The van der Waals surface area contributed by atoms with Crippen LogP contribution in [0.15, 0.2) is 36.9 Å². The van der Waals surface area contributed by atoms with Crippen molar-refractivity contribution in [2.45, 2.75) is 25.4 Å². The van der Waals surface area contributed by atoms with E-state index in [-0.39, 0.29) is 12.1 Å². The van der Waals surface area contributed by atoms with Crippen molar-refractivity contribution in [3.8, 4) is 5.75 Å². The Kier molecular flexibility index (Phi) is 5.02. The molecule has 1 aromatic heterocycles. The third-order valence-electron chi connectivity index (χ3n) is 3.78. The summed E-state index contributed by atoms with van der Waals surface area (Å²) in [5.74, 6) is 0.676. The summed E-state index contributed by atoms with van der Waals surface area (Å²) in [6.45, 7) is 1.83. The lowest BCUT2D eigenvalue weighted by Gasteiger charge is -2.19. The third kappa shape index (κ3) is 3.96. The largest absolute Gasteiger partial charge is 0.492 e. The molecule has 7 heteroatoms. The number of aromatic nitrogens is 2. The highest BCUT2D eigenvalue weighted by molar-refractivity contribution is 6.32. The number of ether oxygens (including phenoxy) is 1. The van der Waals surface area contributed by atoms with Crippen molar-refractivity contribution in [3.63, 3.8) is 0 Å². The fourth-order valence-electron chi connectivity index (χ4n) is 2.65. The number of urea groups is 1. The molecule has 23 heavy (non-hydrogen) atoms. The van der Waals surface area contributed by atoms with Gasteiger partial charge in [-0.05, 0) is 18.9 Å². The molecule has 0 saturated carbocycles. The van der Waals surface area contributed by atoms with E-state index in [2.05, 4.69) is 15.6 Å². The van der Waals surface area contributed by atoms with Crippen LogP contribution < -0.4 is 15.4 Å². The molecule has 0 saturated heterocycles. The average molecular weight is 335 g/mol. The highest BCUT2D eigenvalue weighted by atomic mass is 35.5. The highest BCUT2D eigenvalue weighted by Gasteiger charge is 2.22. The maximum atomic E-state index is 12.1. The van der Waals surface area contributed by atoms with Crippen LogP contribution in [0.4, 0.5) is 4.79 Å². The molecule has 2 aromatic rings. The number of imidazole rings is 1. The Morgan fingerprint density at radius 3 is 3.22 bits per heavy atom. The zero-order chi connectivity index (χ0) is 16.1. The molecule has 0 bridgehead atoms. The van der Waals surface area contributed by atoms with Crippen LogP contribution in [0, 0.1) is 0 Å². The first kappa shape index (κ1) is 15.7. The first-order chi connectivity index (χ1) is 11.2. The lowest BCUT2D eigenvalue weighted by atomic mass is 10.0. The predicted octanol–water partition coefficient (Wildman–Crippen LogP) is 2.75. The SMILES string of the molecule is O=C(NCCn1ccnc1)N[C@H]1CCCOc2c(Cl)cccc21. The molecule has 6 nitrogen and oxygen atoms in total. The van der Waals surface area contributed by atoms with Crippen LogP contribution in [0.25, 0.3) is 0 Å². The lowest BCUT2D eigenvalue weighted by Crippen LogP contribution is -2.39. The zero-order valence-electron chi connectivity index (χ0n) is 12.7. The van der Waals surface area contributed by atoms with E-state index >= 15 is 0 Å². The molecule has 2 N–H and O–H groups in total. The van der Waals surface area contributed by atoms with Crippen molar-refractivity contribution < 1.29 is 9.53 Å². The molecule has 2 amide bonds. The van der Waals surface area contributed by atoms with Crippen molar-refractivity contribution in [2.24, 2.45) is 0 Å². The number of nitrogens with one attached hydrogen (secondary N) is 2. The van der Waals surface area contributed by atoms with Gasteiger partial charge in [0.05, 0.1) is 24.0 Å². The first-order valence-corrected chi connectivity index (χ1v) is 8.03. The van der Waals surface area contributed by atoms with E-state index in [9.17, 15) is 4.79 Å². The Morgan fingerprint density at radius 2 is 2.39 bits per heavy atom. The Bertz CT molecular complexity index is 660. The number of amides is 2. The summed E-state index contributed by atoms with van der Waals surface area (Å²) in [7, 11) is 0. The van der Waals surface area contributed by atoms with Gasteiger partial charge in [-0.25, -0.2) is 9.78 Å². The summed E-state index contributed by atoms with van der Waals surface area (Å²) < 4.78 is 7.62. The van der Waals surface area contributed by atoms with Crippen molar-refractivity contribution in [2.75, 3.05) is 13.2 Å². The lowest BCUT2D eigenvalue weighted by molar-refractivity contribution is 0.236. The molecule has 2 heterocycles. The fourth-order valence-corrected chi connectivity index (χ4v) is 2.88. The van der Waals surface area contributed by atoms with E-state index < -0.39 is 0 Å². The van der Waals surface area contributed by atoms with E-state index in [1.807, 2.05) is 22.9 Å². The maximum Gasteiger partial charge on any atom is 0.315 e. The number of halogens is 1. The van der Waals surface area contributed by atoms with Gasteiger partial charge in [0.25, 0.3) is 0 Å². The van der Waals surface area contributed by atoms with E-state index in [0.717, 1.165) is 18.4 Å². The van der Waals surface area contributed by atoms with Gasteiger partial charge in [-0.1, -0.05) is 23.7 Å². The smallest absolute Gasteiger partial charge is 0.315 e. The molecule has 0 fully saturated rings. The van der Waals surface area contributed by atoms with Gasteiger partial charge in [0, 0.05) is 31.0 Å². The Hall–Kier alpha value is -2.21. The molecule has 0 aliphatic carbocycles. The van der Waals surface area contributed by atoms with Gasteiger partial charge >= 0.3 is 6.03 Å². The number of nitrogens with zero attached hydrogens (tertiary/aromatic N) is 2. The Morgan fingerprint density at radius 1 is 1.48 bits per heavy atom. The zero-order valence-corrected chi connectivity index (χ0v) is 13.4. The van der Waals surface area contributed by atoms with Crippen molar-refractivity contribution in [1.82, 2.24) is 20.2 Å². The van der Waals surface area contributed by atoms with Crippen LogP contribution in [0.2, 0.25) is 5.02 Å². The molecule has 1 aliphatic heterocycles. The molecule has 0 unspecified atom stereocenters. The van der Waals surface area contributed by atoms with Crippen LogP contribution in [-0.2, 0) is 6.54 Å². The minimum absolute atomic E-state index is 0.0977. The summed E-state index contributed by atoms with van der Waals surface area (Å²) in [4.78, 5) is 16.1. The van der Waals surface area contributed by atoms with Crippen LogP contribution in [0.1, 0.15) is 24.4 Å². The van der Waals surface area contributed by atoms with Gasteiger partial charge in [0.15, 0.2) is 0 Å². The summed E-state index contributed by atoms with van der Waals surface area (Å²) in [5, 5.41) is 6.45. The summed E-state index contributed by atoms with van der Waals surface area (Å²) in [6, 6.07) is 5.33. The fraction of sp³-hybridized carbons (Fsp3) is 0.375. The minimum atomic E-state index is -0.192. The molecular formula is C16H19ClN4O2. The number of rotatable bonds is 4. The van der Waals surface area contributed by atoms with Crippen LogP contribution >= 0.6 is 11.6 Å². The number of carbonyl (C=O) groups is 1. The first-order valence-electron chi connectivity index (χ1n) is 7.65. The van der Waals surface area contributed by atoms with E-state index in [0.29, 0.717) is 30.5 Å². The standard InChI is InChI=1S/C16H19ClN4O2/c17-13-4-1-3-12-14(5-2-10-23-15(12)13)20-16(22)19-7-9-21-8-6-18-11-21/h1,3-4,6,8,11,14H,2,5,7,9-10H2,(H2,19,20,22)/t14-/m0/s1. The van der Waals surface area contributed by atoms with Gasteiger partial charge in [0.1, 0.15) is 5.75 Å².